The van der Waals surface area contributed by atoms with Gasteiger partial charge in [0.05, 0.1) is 6.10 Å². The van der Waals surface area contributed by atoms with Crippen LogP contribution in [0.2, 0.25) is 0 Å². The van der Waals surface area contributed by atoms with Crippen molar-refractivity contribution >= 4 is 10.3 Å². The fourth-order valence-electron chi connectivity index (χ4n) is 1.53. The maximum Gasteiger partial charge on any atom is 0.333 e. The van der Waals surface area contributed by atoms with Gasteiger partial charge in [0.2, 0.25) is 0 Å². The van der Waals surface area contributed by atoms with E-state index >= 15 is 0 Å². The molecule has 72 valence electrons. The van der Waals surface area contributed by atoms with Crippen molar-refractivity contribution in [2.75, 3.05) is 0 Å². The molecule has 0 unspecified atom stereocenters. The largest absolute Gasteiger partial charge is 0.333 e. The van der Waals surface area contributed by atoms with Crippen LogP contribution in [0, 0.1) is 0 Å². The van der Waals surface area contributed by atoms with Crippen LogP contribution in [-0.2, 0) is 14.5 Å². The third-order valence-corrected chi connectivity index (χ3v) is 2.61. The second-order valence-corrected chi connectivity index (χ2v) is 4.38. The number of nitrogens with two attached hydrogens (primary N) is 1. The molecule has 0 bridgehead atoms. The Labute approximate surface area is 73.3 Å². The summed E-state index contributed by atoms with van der Waals surface area (Å²) in [6, 6.07) is 0. The lowest BCUT2D eigenvalue weighted by Gasteiger charge is -2.11. The molecule has 1 rings (SSSR count). The monoisotopic (exact) mass is 193 g/mol. The van der Waals surface area contributed by atoms with E-state index in [0.29, 0.717) is 0 Å². The van der Waals surface area contributed by atoms with Gasteiger partial charge in [-0.1, -0.05) is 25.7 Å². The zero-order valence-electron chi connectivity index (χ0n) is 7.03. The number of hydrogen-bond donors (Lipinski definition) is 1. The number of hydrogen-bond acceptors (Lipinski definition) is 3. The predicted octanol–water partition coefficient (Wildman–Crippen LogP) is 0.929. The van der Waals surface area contributed by atoms with E-state index in [1.807, 2.05) is 0 Å². The van der Waals surface area contributed by atoms with E-state index in [9.17, 15) is 8.42 Å². The van der Waals surface area contributed by atoms with Crippen LogP contribution < -0.4 is 5.14 Å². The van der Waals surface area contributed by atoms with E-state index in [4.69, 9.17) is 9.32 Å². The van der Waals surface area contributed by atoms with Crippen LogP contribution >= 0.6 is 0 Å². The molecule has 0 atom stereocenters. The average Bonchev–Trinajstić information content (AvgIpc) is 2.12. The summed E-state index contributed by atoms with van der Waals surface area (Å²) in [5.74, 6) is 0. The Morgan fingerprint density at radius 1 is 1.08 bits per heavy atom. The molecule has 1 saturated carbocycles. The minimum absolute atomic E-state index is 0.178. The standard InChI is InChI=1S/C7H15NO3S/c8-12(9,10)11-7-5-3-1-2-4-6-7/h7H,1-6H2,(H2,8,9,10). The van der Waals surface area contributed by atoms with E-state index in [1.165, 1.54) is 12.8 Å². The SMILES string of the molecule is NS(=O)(=O)OC1CCCCCC1. The molecule has 0 aliphatic heterocycles. The van der Waals surface area contributed by atoms with Crippen molar-refractivity contribution in [1.29, 1.82) is 0 Å². The first-order chi connectivity index (χ1) is 5.58. The minimum atomic E-state index is -3.74. The zero-order chi connectivity index (χ0) is 9.03. The fraction of sp³-hybridized carbons (Fsp3) is 1.00. The van der Waals surface area contributed by atoms with Gasteiger partial charge in [-0.2, -0.15) is 8.42 Å². The van der Waals surface area contributed by atoms with Crippen molar-refractivity contribution in [2.45, 2.75) is 44.6 Å². The highest BCUT2D eigenvalue weighted by atomic mass is 32.2. The highest BCUT2D eigenvalue weighted by molar-refractivity contribution is 7.84. The fourth-order valence-corrected chi connectivity index (χ4v) is 2.10. The smallest absolute Gasteiger partial charge is 0.255 e. The van der Waals surface area contributed by atoms with Gasteiger partial charge in [-0.3, -0.25) is 4.18 Å². The summed E-state index contributed by atoms with van der Waals surface area (Å²) in [6.07, 6.45) is 5.88. The molecule has 1 aliphatic carbocycles. The maximum absolute atomic E-state index is 10.6. The summed E-state index contributed by atoms with van der Waals surface area (Å²) in [4.78, 5) is 0. The molecule has 0 saturated heterocycles. The molecule has 0 amide bonds. The van der Waals surface area contributed by atoms with Gasteiger partial charge >= 0.3 is 10.3 Å². The molecule has 1 aliphatic rings. The molecule has 0 spiro atoms. The van der Waals surface area contributed by atoms with Crippen LogP contribution in [0.5, 0.6) is 0 Å². The Morgan fingerprint density at radius 3 is 2.00 bits per heavy atom. The molecule has 0 aromatic rings. The Hall–Kier alpha value is -0.130. The first-order valence-corrected chi connectivity index (χ1v) is 5.76. The van der Waals surface area contributed by atoms with Crippen molar-refractivity contribution in [2.24, 2.45) is 5.14 Å². The first kappa shape index (κ1) is 9.95. The van der Waals surface area contributed by atoms with Crippen LogP contribution in [0.1, 0.15) is 38.5 Å². The lowest BCUT2D eigenvalue weighted by atomic mass is 10.2. The van der Waals surface area contributed by atoms with Gasteiger partial charge < -0.3 is 0 Å². The zero-order valence-corrected chi connectivity index (χ0v) is 7.85. The van der Waals surface area contributed by atoms with E-state index in [2.05, 4.69) is 0 Å². The molecular formula is C7H15NO3S. The maximum atomic E-state index is 10.6. The lowest BCUT2D eigenvalue weighted by Crippen LogP contribution is -2.23. The van der Waals surface area contributed by atoms with Gasteiger partial charge in [-0.25, -0.2) is 5.14 Å². The summed E-state index contributed by atoms with van der Waals surface area (Å²) < 4.78 is 25.8. The molecule has 0 heterocycles. The molecule has 0 aromatic carbocycles. The van der Waals surface area contributed by atoms with Crippen molar-refractivity contribution in [3.05, 3.63) is 0 Å². The third kappa shape index (κ3) is 4.04. The van der Waals surface area contributed by atoms with Crippen LogP contribution in [0.3, 0.4) is 0 Å². The minimum Gasteiger partial charge on any atom is -0.255 e. The quantitative estimate of drug-likeness (QED) is 0.663. The summed E-state index contributed by atoms with van der Waals surface area (Å²) in [5.41, 5.74) is 0. The Balaban J connectivity index is 2.40. The first-order valence-electron chi connectivity index (χ1n) is 4.29. The van der Waals surface area contributed by atoms with Crippen LogP contribution in [0.25, 0.3) is 0 Å². The molecule has 4 nitrogen and oxygen atoms in total. The van der Waals surface area contributed by atoms with Gasteiger partial charge in [-0.05, 0) is 12.8 Å². The van der Waals surface area contributed by atoms with Crippen molar-refractivity contribution < 1.29 is 12.6 Å². The molecular weight excluding hydrogens is 178 g/mol. The molecule has 0 radical (unpaired) electrons. The molecule has 5 heteroatoms. The average molecular weight is 193 g/mol. The second-order valence-electron chi connectivity index (χ2n) is 3.20. The third-order valence-electron chi connectivity index (χ3n) is 2.07. The molecule has 2 N–H and O–H groups in total. The van der Waals surface area contributed by atoms with Gasteiger partial charge in [-0.15, -0.1) is 0 Å². The Morgan fingerprint density at radius 2 is 1.58 bits per heavy atom. The second kappa shape index (κ2) is 4.20. The van der Waals surface area contributed by atoms with Gasteiger partial charge in [0, 0.05) is 0 Å². The van der Waals surface area contributed by atoms with Crippen LogP contribution in [-0.4, -0.2) is 14.5 Å². The molecule has 0 aromatic heterocycles. The normalized spacial score (nSPS) is 22.1. The van der Waals surface area contributed by atoms with Crippen LogP contribution in [0.15, 0.2) is 0 Å². The van der Waals surface area contributed by atoms with E-state index in [-0.39, 0.29) is 6.10 Å². The van der Waals surface area contributed by atoms with Gasteiger partial charge in [0.1, 0.15) is 0 Å². The van der Waals surface area contributed by atoms with Crippen molar-refractivity contribution in [3.8, 4) is 0 Å². The topological polar surface area (TPSA) is 69.4 Å². The number of rotatable bonds is 2. The summed E-state index contributed by atoms with van der Waals surface area (Å²) >= 11 is 0. The predicted molar refractivity (Wildman–Crippen MR) is 45.7 cm³/mol. The van der Waals surface area contributed by atoms with E-state index in [0.717, 1.165) is 25.7 Å². The summed E-state index contributed by atoms with van der Waals surface area (Å²) in [6.45, 7) is 0. The highest BCUT2D eigenvalue weighted by Crippen LogP contribution is 2.20. The molecule has 1 fully saturated rings. The summed E-state index contributed by atoms with van der Waals surface area (Å²) in [5, 5.41) is 4.77. The van der Waals surface area contributed by atoms with E-state index in [1.54, 1.807) is 0 Å². The summed E-state index contributed by atoms with van der Waals surface area (Å²) in [7, 11) is -3.74. The highest BCUT2D eigenvalue weighted by Gasteiger charge is 2.17. The van der Waals surface area contributed by atoms with Gasteiger partial charge in [0.15, 0.2) is 0 Å². The lowest BCUT2D eigenvalue weighted by molar-refractivity contribution is 0.191. The van der Waals surface area contributed by atoms with Gasteiger partial charge in [0.25, 0.3) is 0 Å². The Kier molecular flexibility index (Phi) is 3.49. The van der Waals surface area contributed by atoms with Crippen molar-refractivity contribution in [3.63, 3.8) is 0 Å². The van der Waals surface area contributed by atoms with E-state index < -0.39 is 10.3 Å². The van der Waals surface area contributed by atoms with Crippen molar-refractivity contribution in [1.82, 2.24) is 0 Å². The Bertz CT molecular complexity index is 217. The molecule has 12 heavy (non-hydrogen) atoms. The van der Waals surface area contributed by atoms with Crippen LogP contribution in [0.4, 0.5) is 0 Å².